The average molecular weight is 426 g/mol. The lowest BCUT2D eigenvalue weighted by molar-refractivity contribution is 0.209. The van der Waals surface area contributed by atoms with E-state index in [2.05, 4.69) is 24.9 Å². The van der Waals surface area contributed by atoms with Crippen LogP contribution in [0.1, 0.15) is 25.7 Å². The van der Waals surface area contributed by atoms with Crippen molar-refractivity contribution in [3.63, 3.8) is 0 Å². The van der Waals surface area contributed by atoms with Crippen LogP contribution in [0, 0.1) is 5.82 Å². The minimum atomic E-state index is -4.17. The minimum absolute atomic E-state index is 0.0504. The zero-order valence-electron chi connectivity index (χ0n) is 15.2. The standard InChI is InChI=1S/C18H21ClFN5O2S/c19-13-9-16(28(26,27)24-17-3-6-21-12-23-17)14(20)10-15(13)22-11-18-4-1-7-25(18)8-2-5-18/h3,6,9-10,12,22H,1-2,4-5,7-8,11H2,(H,21,23,24). The van der Waals surface area contributed by atoms with Crippen LogP contribution in [0.2, 0.25) is 5.02 Å². The molecule has 0 radical (unpaired) electrons. The SMILES string of the molecule is O=S(=O)(Nc1ccncn1)c1cc(Cl)c(NCC23CCCN2CCC3)cc1F. The van der Waals surface area contributed by atoms with Crippen molar-refractivity contribution in [1.29, 1.82) is 0 Å². The van der Waals surface area contributed by atoms with E-state index in [9.17, 15) is 12.8 Å². The van der Waals surface area contributed by atoms with Crippen molar-refractivity contribution in [2.75, 3.05) is 29.7 Å². The molecule has 4 rings (SSSR count). The van der Waals surface area contributed by atoms with Gasteiger partial charge in [-0.1, -0.05) is 11.6 Å². The van der Waals surface area contributed by atoms with Gasteiger partial charge in [-0.05, 0) is 57.0 Å². The van der Waals surface area contributed by atoms with Crippen LogP contribution in [-0.2, 0) is 10.0 Å². The van der Waals surface area contributed by atoms with Crippen molar-refractivity contribution >= 4 is 33.1 Å². The van der Waals surface area contributed by atoms with Gasteiger partial charge in [-0.25, -0.2) is 22.8 Å². The smallest absolute Gasteiger partial charge is 0.266 e. The Morgan fingerprint density at radius 1 is 1.25 bits per heavy atom. The summed E-state index contributed by atoms with van der Waals surface area (Å²) in [7, 11) is -4.17. The summed E-state index contributed by atoms with van der Waals surface area (Å²) in [6, 6.07) is 3.64. The molecule has 2 aromatic rings. The molecule has 10 heteroatoms. The van der Waals surface area contributed by atoms with Crippen molar-refractivity contribution in [2.24, 2.45) is 0 Å². The maximum atomic E-state index is 14.6. The van der Waals surface area contributed by atoms with Crippen LogP contribution < -0.4 is 10.0 Å². The maximum Gasteiger partial charge on any atom is 0.266 e. The Bertz CT molecular complexity index is 963. The van der Waals surface area contributed by atoms with Gasteiger partial charge in [0.05, 0.1) is 10.7 Å². The third-order valence-corrected chi connectivity index (χ3v) is 7.23. The molecule has 2 aliphatic rings. The third-order valence-electron chi connectivity index (χ3n) is 5.55. The summed E-state index contributed by atoms with van der Waals surface area (Å²) in [5.74, 6) is -0.824. The number of aromatic nitrogens is 2. The van der Waals surface area contributed by atoms with Crippen LogP contribution in [0.5, 0.6) is 0 Å². The highest BCUT2D eigenvalue weighted by Crippen LogP contribution is 2.39. The minimum Gasteiger partial charge on any atom is -0.382 e. The molecule has 2 aliphatic heterocycles. The zero-order valence-corrected chi connectivity index (χ0v) is 16.7. The number of nitrogens with zero attached hydrogens (tertiary/aromatic N) is 3. The van der Waals surface area contributed by atoms with Crippen molar-refractivity contribution in [3.05, 3.63) is 41.6 Å². The third kappa shape index (κ3) is 3.66. The highest BCUT2D eigenvalue weighted by atomic mass is 35.5. The number of benzene rings is 1. The van der Waals surface area contributed by atoms with Gasteiger partial charge in [0.25, 0.3) is 10.0 Å². The second-order valence-corrected chi connectivity index (χ2v) is 9.29. The quantitative estimate of drug-likeness (QED) is 0.739. The first-order valence-electron chi connectivity index (χ1n) is 9.16. The predicted molar refractivity (Wildman–Crippen MR) is 106 cm³/mol. The summed E-state index contributed by atoms with van der Waals surface area (Å²) >= 11 is 6.28. The molecule has 28 heavy (non-hydrogen) atoms. The van der Waals surface area contributed by atoms with Gasteiger partial charge in [-0.15, -0.1) is 0 Å². The number of anilines is 2. The summed E-state index contributed by atoms with van der Waals surface area (Å²) in [6.07, 6.45) is 7.12. The number of rotatable bonds is 6. The summed E-state index contributed by atoms with van der Waals surface area (Å²) in [4.78, 5) is 9.46. The Balaban J connectivity index is 1.53. The number of fused-ring (bicyclic) bond motifs is 1. The van der Waals surface area contributed by atoms with E-state index in [1.165, 1.54) is 18.6 Å². The average Bonchev–Trinajstić information content (AvgIpc) is 3.22. The van der Waals surface area contributed by atoms with E-state index in [1.807, 2.05) is 0 Å². The van der Waals surface area contributed by atoms with Crippen molar-refractivity contribution in [2.45, 2.75) is 36.1 Å². The fourth-order valence-electron chi connectivity index (χ4n) is 4.19. The van der Waals surface area contributed by atoms with Crippen LogP contribution in [0.15, 0.2) is 35.6 Å². The summed E-state index contributed by atoms with van der Waals surface area (Å²) in [5, 5.41) is 3.39. The van der Waals surface area contributed by atoms with Crippen LogP contribution in [-0.4, -0.2) is 48.5 Å². The first-order chi connectivity index (χ1) is 13.4. The lowest BCUT2D eigenvalue weighted by Gasteiger charge is -2.32. The molecule has 1 aromatic carbocycles. The maximum absolute atomic E-state index is 14.6. The monoisotopic (exact) mass is 425 g/mol. The Morgan fingerprint density at radius 3 is 2.68 bits per heavy atom. The first-order valence-corrected chi connectivity index (χ1v) is 11.0. The predicted octanol–water partition coefficient (Wildman–Crippen LogP) is 3.11. The van der Waals surface area contributed by atoms with Crippen LogP contribution in [0.25, 0.3) is 0 Å². The lowest BCUT2D eigenvalue weighted by Crippen LogP contribution is -2.44. The molecule has 0 amide bonds. The normalized spacial score (nSPS) is 18.8. The van der Waals surface area contributed by atoms with Crippen molar-refractivity contribution < 1.29 is 12.8 Å². The largest absolute Gasteiger partial charge is 0.382 e. The van der Waals surface area contributed by atoms with Gasteiger partial charge in [0.2, 0.25) is 0 Å². The number of halogens is 2. The van der Waals surface area contributed by atoms with E-state index in [4.69, 9.17) is 11.6 Å². The van der Waals surface area contributed by atoms with Gasteiger partial charge >= 0.3 is 0 Å². The van der Waals surface area contributed by atoms with E-state index in [0.717, 1.165) is 50.9 Å². The van der Waals surface area contributed by atoms with Gasteiger partial charge in [0.15, 0.2) is 0 Å². The molecular formula is C18H21ClFN5O2S. The van der Waals surface area contributed by atoms with Crippen molar-refractivity contribution in [3.8, 4) is 0 Å². The molecule has 0 saturated carbocycles. The molecule has 2 fully saturated rings. The highest BCUT2D eigenvalue weighted by Gasteiger charge is 2.43. The molecule has 1 aromatic heterocycles. The molecular weight excluding hydrogens is 405 g/mol. The Hall–Kier alpha value is -1.97. The lowest BCUT2D eigenvalue weighted by atomic mass is 9.94. The number of hydrogen-bond donors (Lipinski definition) is 2. The van der Waals surface area contributed by atoms with Gasteiger partial charge in [0, 0.05) is 18.3 Å². The molecule has 3 heterocycles. The molecule has 0 unspecified atom stereocenters. The fraction of sp³-hybridized carbons (Fsp3) is 0.444. The first kappa shape index (κ1) is 19.4. The van der Waals surface area contributed by atoms with Gasteiger partial charge < -0.3 is 5.32 Å². The molecule has 2 saturated heterocycles. The van der Waals surface area contributed by atoms with Crippen LogP contribution in [0.4, 0.5) is 15.9 Å². The Labute approximate surface area is 168 Å². The van der Waals surface area contributed by atoms with Gasteiger partial charge in [-0.2, -0.15) is 0 Å². The van der Waals surface area contributed by atoms with E-state index in [1.54, 1.807) is 0 Å². The second kappa shape index (κ2) is 7.46. The van der Waals surface area contributed by atoms with E-state index < -0.39 is 20.7 Å². The molecule has 0 spiro atoms. The number of nitrogens with one attached hydrogen (secondary N) is 2. The van der Waals surface area contributed by atoms with Crippen LogP contribution >= 0.6 is 11.6 Å². The van der Waals surface area contributed by atoms with Crippen molar-refractivity contribution in [1.82, 2.24) is 14.9 Å². The highest BCUT2D eigenvalue weighted by molar-refractivity contribution is 7.92. The Kier molecular flexibility index (Phi) is 5.15. The summed E-state index contributed by atoms with van der Waals surface area (Å²) < 4.78 is 41.9. The Morgan fingerprint density at radius 2 is 2.00 bits per heavy atom. The van der Waals surface area contributed by atoms with E-state index >= 15 is 0 Å². The summed E-state index contributed by atoms with van der Waals surface area (Å²) in [5.41, 5.74) is 0.493. The molecule has 0 bridgehead atoms. The summed E-state index contributed by atoms with van der Waals surface area (Å²) in [6.45, 7) is 2.85. The second-order valence-electron chi connectivity index (χ2n) is 7.23. The van der Waals surface area contributed by atoms with Gasteiger partial charge in [0.1, 0.15) is 22.9 Å². The van der Waals surface area contributed by atoms with Crippen LogP contribution in [0.3, 0.4) is 0 Å². The molecule has 150 valence electrons. The van der Waals surface area contributed by atoms with E-state index in [-0.39, 0.29) is 16.4 Å². The molecule has 0 aliphatic carbocycles. The molecule has 7 nitrogen and oxygen atoms in total. The number of sulfonamides is 1. The topological polar surface area (TPSA) is 87.2 Å². The van der Waals surface area contributed by atoms with Gasteiger partial charge in [-0.3, -0.25) is 9.62 Å². The van der Waals surface area contributed by atoms with E-state index in [0.29, 0.717) is 12.2 Å². The fourth-order valence-corrected chi connectivity index (χ4v) is 5.58. The number of hydrogen-bond acceptors (Lipinski definition) is 6. The molecule has 0 atom stereocenters. The zero-order chi connectivity index (χ0) is 19.8. The molecule has 2 N–H and O–H groups in total.